The molecule has 2 aromatic carbocycles. The van der Waals surface area contributed by atoms with Crippen molar-refractivity contribution in [3.8, 4) is 11.1 Å². The van der Waals surface area contributed by atoms with Gasteiger partial charge in [0.05, 0.1) is 13.2 Å². The normalized spacial score (nSPS) is 10.4. The molecule has 0 heterocycles. The van der Waals surface area contributed by atoms with Gasteiger partial charge in [-0.2, -0.15) is 0 Å². The number of hydrogen-bond acceptors (Lipinski definition) is 3. The van der Waals surface area contributed by atoms with Crippen molar-refractivity contribution in [3.63, 3.8) is 0 Å². The van der Waals surface area contributed by atoms with Crippen molar-refractivity contribution in [2.24, 2.45) is 0 Å². The Labute approximate surface area is 119 Å². The van der Waals surface area contributed by atoms with Crippen LogP contribution in [-0.2, 0) is 4.74 Å². The highest BCUT2D eigenvalue weighted by Crippen LogP contribution is 2.19. The molecule has 3 heteroatoms. The van der Waals surface area contributed by atoms with E-state index in [0.29, 0.717) is 19.7 Å². The van der Waals surface area contributed by atoms with E-state index in [1.807, 2.05) is 42.5 Å². The quantitative estimate of drug-likeness (QED) is 0.620. The second kappa shape index (κ2) is 7.58. The summed E-state index contributed by atoms with van der Waals surface area (Å²) >= 11 is 0. The number of carbonyl (C=O) groups excluding carboxylic acids is 1. The van der Waals surface area contributed by atoms with Gasteiger partial charge in [-0.1, -0.05) is 54.6 Å². The van der Waals surface area contributed by atoms with Gasteiger partial charge in [0.15, 0.2) is 5.78 Å². The Morgan fingerprint density at radius 3 is 2.30 bits per heavy atom. The first-order valence-corrected chi connectivity index (χ1v) is 6.69. The SMILES string of the molecule is COCCNCC(=O)c1ccc(-c2ccccc2)cc1. The Morgan fingerprint density at radius 1 is 1.00 bits per heavy atom. The van der Waals surface area contributed by atoms with Gasteiger partial charge in [0.25, 0.3) is 0 Å². The summed E-state index contributed by atoms with van der Waals surface area (Å²) in [7, 11) is 1.64. The molecular formula is C17H19NO2. The van der Waals surface area contributed by atoms with Gasteiger partial charge in [-0.05, 0) is 11.1 Å². The van der Waals surface area contributed by atoms with Crippen LogP contribution in [0.5, 0.6) is 0 Å². The van der Waals surface area contributed by atoms with Crippen molar-refractivity contribution >= 4 is 5.78 Å². The second-order valence-electron chi connectivity index (χ2n) is 4.54. The molecule has 0 saturated heterocycles. The van der Waals surface area contributed by atoms with Crippen LogP contribution in [0, 0.1) is 0 Å². The molecule has 0 aliphatic rings. The third-order valence-electron chi connectivity index (χ3n) is 3.08. The zero-order valence-corrected chi connectivity index (χ0v) is 11.6. The highest BCUT2D eigenvalue weighted by atomic mass is 16.5. The largest absolute Gasteiger partial charge is 0.383 e. The Balaban J connectivity index is 1.96. The number of ketones is 1. The van der Waals surface area contributed by atoms with Crippen molar-refractivity contribution in [1.29, 1.82) is 0 Å². The molecule has 3 nitrogen and oxygen atoms in total. The summed E-state index contributed by atoms with van der Waals surface area (Å²) in [4.78, 5) is 12.0. The Kier molecular flexibility index (Phi) is 5.47. The zero-order chi connectivity index (χ0) is 14.2. The fourth-order valence-corrected chi connectivity index (χ4v) is 1.96. The molecule has 2 aromatic rings. The highest BCUT2D eigenvalue weighted by molar-refractivity contribution is 5.98. The van der Waals surface area contributed by atoms with E-state index in [0.717, 1.165) is 16.7 Å². The summed E-state index contributed by atoms with van der Waals surface area (Å²) < 4.78 is 4.92. The number of benzene rings is 2. The molecule has 0 spiro atoms. The molecule has 0 bridgehead atoms. The van der Waals surface area contributed by atoms with Crippen molar-refractivity contribution in [2.45, 2.75) is 0 Å². The molecule has 0 aliphatic carbocycles. The van der Waals surface area contributed by atoms with Crippen LogP contribution in [0.1, 0.15) is 10.4 Å². The smallest absolute Gasteiger partial charge is 0.176 e. The van der Waals surface area contributed by atoms with Crippen LogP contribution in [0.3, 0.4) is 0 Å². The van der Waals surface area contributed by atoms with E-state index in [-0.39, 0.29) is 5.78 Å². The number of carbonyl (C=O) groups is 1. The maximum absolute atomic E-state index is 12.0. The average molecular weight is 269 g/mol. The molecule has 1 N–H and O–H groups in total. The summed E-state index contributed by atoms with van der Waals surface area (Å²) in [6.45, 7) is 1.64. The number of methoxy groups -OCH3 is 1. The molecule has 0 unspecified atom stereocenters. The minimum atomic E-state index is 0.0979. The molecule has 0 aromatic heterocycles. The topological polar surface area (TPSA) is 38.3 Å². The van der Waals surface area contributed by atoms with Gasteiger partial charge >= 0.3 is 0 Å². The molecule has 0 amide bonds. The molecule has 104 valence electrons. The number of nitrogens with one attached hydrogen (secondary N) is 1. The van der Waals surface area contributed by atoms with Crippen molar-refractivity contribution < 1.29 is 9.53 Å². The maximum atomic E-state index is 12.0. The Hall–Kier alpha value is -1.97. The lowest BCUT2D eigenvalue weighted by Gasteiger charge is -2.05. The molecule has 0 fully saturated rings. The van der Waals surface area contributed by atoms with Crippen LogP contribution in [0.25, 0.3) is 11.1 Å². The van der Waals surface area contributed by atoms with Gasteiger partial charge in [0.2, 0.25) is 0 Å². The number of Topliss-reactive ketones (excluding diaryl/α,β-unsaturated/α-hetero) is 1. The molecule has 0 radical (unpaired) electrons. The summed E-state index contributed by atoms with van der Waals surface area (Å²) in [6.07, 6.45) is 0. The van der Waals surface area contributed by atoms with Crippen molar-refractivity contribution in [1.82, 2.24) is 5.32 Å². The van der Waals surface area contributed by atoms with Crippen LogP contribution >= 0.6 is 0 Å². The third kappa shape index (κ3) is 4.02. The monoisotopic (exact) mass is 269 g/mol. The van der Waals surface area contributed by atoms with E-state index in [2.05, 4.69) is 17.4 Å². The van der Waals surface area contributed by atoms with E-state index in [9.17, 15) is 4.79 Å². The van der Waals surface area contributed by atoms with E-state index in [4.69, 9.17) is 4.74 Å². The van der Waals surface area contributed by atoms with Gasteiger partial charge in [0.1, 0.15) is 0 Å². The fraction of sp³-hybridized carbons (Fsp3) is 0.235. The lowest BCUT2D eigenvalue weighted by molar-refractivity contribution is 0.0987. The first kappa shape index (κ1) is 14.4. The number of ether oxygens (including phenoxy) is 1. The third-order valence-corrected chi connectivity index (χ3v) is 3.08. The highest BCUT2D eigenvalue weighted by Gasteiger charge is 2.05. The fourth-order valence-electron chi connectivity index (χ4n) is 1.96. The Morgan fingerprint density at radius 2 is 1.65 bits per heavy atom. The molecule has 20 heavy (non-hydrogen) atoms. The van der Waals surface area contributed by atoms with Gasteiger partial charge in [-0.25, -0.2) is 0 Å². The summed E-state index contributed by atoms with van der Waals surface area (Å²) in [5, 5.41) is 3.06. The van der Waals surface area contributed by atoms with Crippen LogP contribution in [0.4, 0.5) is 0 Å². The molecule has 0 atom stereocenters. The zero-order valence-electron chi connectivity index (χ0n) is 11.6. The minimum Gasteiger partial charge on any atom is -0.383 e. The second-order valence-corrected chi connectivity index (χ2v) is 4.54. The van der Waals surface area contributed by atoms with E-state index >= 15 is 0 Å². The van der Waals surface area contributed by atoms with Gasteiger partial charge in [-0.3, -0.25) is 4.79 Å². The first-order valence-electron chi connectivity index (χ1n) is 6.69. The first-order chi connectivity index (χ1) is 9.81. The Bertz CT molecular complexity index is 535. The predicted molar refractivity (Wildman–Crippen MR) is 81.0 cm³/mol. The maximum Gasteiger partial charge on any atom is 0.176 e. The van der Waals surface area contributed by atoms with E-state index in [1.54, 1.807) is 7.11 Å². The van der Waals surface area contributed by atoms with Crippen LogP contribution < -0.4 is 5.32 Å². The van der Waals surface area contributed by atoms with E-state index < -0.39 is 0 Å². The predicted octanol–water partition coefficient (Wildman–Crippen LogP) is 2.77. The average Bonchev–Trinajstić information content (AvgIpc) is 2.52. The molecule has 0 saturated carbocycles. The van der Waals surface area contributed by atoms with Crippen molar-refractivity contribution in [3.05, 3.63) is 60.2 Å². The van der Waals surface area contributed by atoms with Gasteiger partial charge < -0.3 is 10.1 Å². The van der Waals surface area contributed by atoms with Gasteiger partial charge in [0, 0.05) is 19.2 Å². The lowest BCUT2D eigenvalue weighted by atomic mass is 10.0. The van der Waals surface area contributed by atoms with Gasteiger partial charge in [-0.15, -0.1) is 0 Å². The van der Waals surface area contributed by atoms with Crippen molar-refractivity contribution in [2.75, 3.05) is 26.8 Å². The number of rotatable bonds is 7. The summed E-state index contributed by atoms with van der Waals surface area (Å²) in [6, 6.07) is 17.8. The van der Waals surface area contributed by atoms with E-state index in [1.165, 1.54) is 0 Å². The molecular weight excluding hydrogens is 250 g/mol. The standard InChI is InChI=1S/C17H19NO2/c1-20-12-11-18-13-17(19)16-9-7-15(8-10-16)14-5-3-2-4-6-14/h2-10,18H,11-13H2,1H3. The number of hydrogen-bond donors (Lipinski definition) is 1. The lowest BCUT2D eigenvalue weighted by Crippen LogP contribution is -2.26. The summed E-state index contributed by atoms with van der Waals surface area (Å²) in [5.74, 6) is 0.0979. The molecule has 0 aliphatic heterocycles. The minimum absolute atomic E-state index is 0.0979. The van der Waals surface area contributed by atoms with Crippen LogP contribution in [0.2, 0.25) is 0 Å². The molecule has 2 rings (SSSR count). The van der Waals surface area contributed by atoms with Crippen LogP contribution in [-0.4, -0.2) is 32.6 Å². The summed E-state index contributed by atoms with van der Waals surface area (Å²) in [5.41, 5.74) is 3.01. The van der Waals surface area contributed by atoms with Crippen LogP contribution in [0.15, 0.2) is 54.6 Å².